The fraction of sp³-hybridized carbons (Fsp3) is 0.133. The molecular weight excluding hydrogens is 316 g/mol. The Balaban J connectivity index is 2.06. The SMILES string of the molecule is Cn1c(=O)oc2cc(C(Cl)c3ccc(Cl)c(F)c3)ccc21. The van der Waals surface area contributed by atoms with Gasteiger partial charge >= 0.3 is 5.76 Å². The summed E-state index contributed by atoms with van der Waals surface area (Å²) in [5, 5.41) is -0.515. The van der Waals surface area contributed by atoms with Crippen LogP contribution in [0.1, 0.15) is 16.5 Å². The molecule has 0 bridgehead atoms. The highest BCUT2D eigenvalue weighted by Gasteiger charge is 2.15. The summed E-state index contributed by atoms with van der Waals surface area (Å²) in [6.07, 6.45) is 0. The largest absolute Gasteiger partial charge is 0.419 e. The molecule has 0 fully saturated rings. The Labute approximate surface area is 129 Å². The van der Waals surface area contributed by atoms with Crippen LogP contribution in [0.5, 0.6) is 0 Å². The molecule has 0 aliphatic heterocycles. The summed E-state index contributed by atoms with van der Waals surface area (Å²) in [6.45, 7) is 0. The predicted molar refractivity (Wildman–Crippen MR) is 80.6 cm³/mol. The first-order valence-corrected chi connectivity index (χ1v) is 6.97. The van der Waals surface area contributed by atoms with Gasteiger partial charge in [-0.1, -0.05) is 23.7 Å². The van der Waals surface area contributed by atoms with Crippen LogP contribution in [0.3, 0.4) is 0 Å². The van der Waals surface area contributed by atoms with Gasteiger partial charge in [0, 0.05) is 7.05 Å². The van der Waals surface area contributed by atoms with Crippen molar-refractivity contribution < 1.29 is 8.81 Å². The molecule has 1 unspecified atom stereocenters. The molecule has 2 aromatic carbocycles. The van der Waals surface area contributed by atoms with Crippen LogP contribution in [0, 0.1) is 5.82 Å². The number of oxazole rings is 1. The fourth-order valence-electron chi connectivity index (χ4n) is 2.17. The lowest BCUT2D eigenvalue weighted by atomic mass is 10.0. The highest BCUT2D eigenvalue weighted by atomic mass is 35.5. The minimum absolute atomic E-state index is 0.0483. The predicted octanol–water partition coefficient (Wildman–Crippen LogP) is 4.25. The summed E-state index contributed by atoms with van der Waals surface area (Å²) in [4.78, 5) is 11.5. The molecule has 108 valence electrons. The van der Waals surface area contributed by atoms with E-state index in [4.69, 9.17) is 27.6 Å². The first-order valence-electron chi connectivity index (χ1n) is 6.16. The molecule has 0 aliphatic rings. The standard InChI is InChI=1S/C15H10Cl2FNO2/c1-19-12-5-3-9(7-13(12)21-15(19)20)14(17)8-2-4-10(16)11(18)6-8/h2-7,14H,1H3. The Morgan fingerprint density at radius 3 is 2.57 bits per heavy atom. The van der Waals surface area contributed by atoms with Gasteiger partial charge in [0.25, 0.3) is 0 Å². The van der Waals surface area contributed by atoms with Crippen molar-refractivity contribution >= 4 is 34.3 Å². The van der Waals surface area contributed by atoms with E-state index in [9.17, 15) is 9.18 Å². The summed E-state index contributed by atoms with van der Waals surface area (Å²) in [7, 11) is 1.63. The van der Waals surface area contributed by atoms with Gasteiger partial charge in [0.15, 0.2) is 5.58 Å². The second-order valence-electron chi connectivity index (χ2n) is 4.69. The van der Waals surface area contributed by atoms with Crippen LogP contribution in [-0.4, -0.2) is 4.57 Å². The van der Waals surface area contributed by atoms with Crippen molar-refractivity contribution in [2.75, 3.05) is 0 Å². The first-order chi connectivity index (χ1) is 9.97. The summed E-state index contributed by atoms with van der Waals surface area (Å²) in [6, 6.07) is 9.63. The van der Waals surface area contributed by atoms with Gasteiger partial charge in [-0.05, 0) is 35.4 Å². The zero-order valence-electron chi connectivity index (χ0n) is 10.9. The van der Waals surface area contributed by atoms with Crippen LogP contribution in [0.4, 0.5) is 4.39 Å². The Hall–Kier alpha value is -1.78. The van der Waals surface area contributed by atoms with Gasteiger partial charge in [-0.2, -0.15) is 0 Å². The van der Waals surface area contributed by atoms with Crippen molar-refractivity contribution in [2.24, 2.45) is 7.05 Å². The van der Waals surface area contributed by atoms with Crippen LogP contribution in [0.15, 0.2) is 45.6 Å². The molecule has 3 rings (SSSR count). The molecule has 0 radical (unpaired) electrons. The van der Waals surface area contributed by atoms with E-state index in [1.54, 1.807) is 31.3 Å². The van der Waals surface area contributed by atoms with E-state index in [2.05, 4.69) is 0 Å². The van der Waals surface area contributed by atoms with Crippen LogP contribution in [0.2, 0.25) is 5.02 Å². The van der Waals surface area contributed by atoms with Gasteiger partial charge in [-0.3, -0.25) is 4.57 Å². The number of benzene rings is 2. The molecular formula is C15H10Cl2FNO2. The molecule has 0 N–H and O–H groups in total. The third-order valence-electron chi connectivity index (χ3n) is 3.35. The number of fused-ring (bicyclic) bond motifs is 1. The maximum absolute atomic E-state index is 13.5. The Kier molecular flexibility index (Phi) is 3.51. The monoisotopic (exact) mass is 325 g/mol. The average molecular weight is 326 g/mol. The fourth-order valence-corrected chi connectivity index (χ4v) is 2.56. The van der Waals surface area contributed by atoms with Gasteiger partial charge in [-0.25, -0.2) is 9.18 Å². The second kappa shape index (κ2) is 5.20. The molecule has 0 saturated carbocycles. The number of nitrogens with zero attached hydrogens (tertiary/aromatic N) is 1. The van der Waals surface area contributed by atoms with Crippen LogP contribution in [-0.2, 0) is 7.05 Å². The van der Waals surface area contributed by atoms with Crippen molar-refractivity contribution in [3.05, 3.63) is 68.9 Å². The minimum atomic E-state index is -0.563. The molecule has 1 atom stereocenters. The quantitative estimate of drug-likeness (QED) is 0.660. The highest BCUT2D eigenvalue weighted by molar-refractivity contribution is 6.30. The smallest absolute Gasteiger partial charge is 0.408 e. The second-order valence-corrected chi connectivity index (χ2v) is 5.53. The first kappa shape index (κ1) is 14.2. The molecule has 3 nitrogen and oxygen atoms in total. The normalized spacial score (nSPS) is 12.8. The van der Waals surface area contributed by atoms with E-state index in [-0.39, 0.29) is 5.02 Å². The number of aryl methyl sites for hydroxylation is 1. The van der Waals surface area contributed by atoms with Gasteiger partial charge < -0.3 is 4.42 Å². The Morgan fingerprint density at radius 2 is 1.86 bits per heavy atom. The number of alkyl halides is 1. The minimum Gasteiger partial charge on any atom is -0.408 e. The van der Waals surface area contributed by atoms with E-state index in [1.165, 1.54) is 16.7 Å². The van der Waals surface area contributed by atoms with Crippen molar-refractivity contribution in [3.8, 4) is 0 Å². The third kappa shape index (κ3) is 2.45. The molecule has 6 heteroatoms. The van der Waals surface area contributed by atoms with E-state index < -0.39 is 17.0 Å². The van der Waals surface area contributed by atoms with Gasteiger partial charge in [0.1, 0.15) is 5.82 Å². The maximum Gasteiger partial charge on any atom is 0.419 e. The highest BCUT2D eigenvalue weighted by Crippen LogP contribution is 2.32. The topological polar surface area (TPSA) is 35.1 Å². The summed E-state index contributed by atoms with van der Waals surface area (Å²) in [5.74, 6) is -0.960. The molecule has 0 amide bonds. The molecule has 1 heterocycles. The number of halogens is 3. The van der Waals surface area contributed by atoms with Crippen LogP contribution >= 0.6 is 23.2 Å². The molecule has 21 heavy (non-hydrogen) atoms. The zero-order valence-corrected chi connectivity index (χ0v) is 12.5. The third-order valence-corrected chi connectivity index (χ3v) is 4.16. The molecule has 3 aromatic rings. The van der Waals surface area contributed by atoms with Gasteiger partial charge in [-0.15, -0.1) is 11.6 Å². The number of hydrogen-bond acceptors (Lipinski definition) is 2. The van der Waals surface area contributed by atoms with E-state index in [1.807, 2.05) is 0 Å². The molecule has 0 saturated heterocycles. The van der Waals surface area contributed by atoms with Crippen molar-refractivity contribution in [1.82, 2.24) is 4.57 Å². The summed E-state index contributed by atoms with van der Waals surface area (Å²) in [5.41, 5.74) is 2.41. The van der Waals surface area contributed by atoms with E-state index in [0.717, 1.165) is 0 Å². The summed E-state index contributed by atoms with van der Waals surface area (Å²) < 4.78 is 20.0. The van der Waals surface area contributed by atoms with Crippen LogP contribution in [0.25, 0.3) is 11.1 Å². The van der Waals surface area contributed by atoms with Gasteiger partial charge in [0.2, 0.25) is 0 Å². The molecule has 1 aromatic heterocycles. The lowest BCUT2D eigenvalue weighted by Crippen LogP contribution is -2.08. The van der Waals surface area contributed by atoms with E-state index >= 15 is 0 Å². The van der Waals surface area contributed by atoms with Gasteiger partial charge in [0.05, 0.1) is 15.9 Å². The van der Waals surface area contributed by atoms with E-state index in [0.29, 0.717) is 22.2 Å². The van der Waals surface area contributed by atoms with Crippen LogP contribution < -0.4 is 5.76 Å². The van der Waals surface area contributed by atoms with Crippen molar-refractivity contribution in [2.45, 2.75) is 5.38 Å². The maximum atomic E-state index is 13.5. The lowest BCUT2D eigenvalue weighted by Gasteiger charge is -2.11. The lowest BCUT2D eigenvalue weighted by molar-refractivity contribution is 0.528. The zero-order chi connectivity index (χ0) is 15.1. The molecule has 0 aliphatic carbocycles. The molecule has 0 spiro atoms. The Bertz CT molecular complexity index is 885. The number of aromatic nitrogens is 1. The summed E-state index contributed by atoms with van der Waals surface area (Å²) >= 11 is 12.0. The number of hydrogen-bond donors (Lipinski definition) is 0. The van der Waals surface area contributed by atoms with Crippen molar-refractivity contribution in [1.29, 1.82) is 0 Å². The number of rotatable bonds is 2. The van der Waals surface area contributed by atoms with Crippen molar-refractivity contribution in [3.63, 3.8) is 0 Å². The Morgan fingerprint density at radius 1 is 1.19 bits per heavy atom. The average Bonchev–Trinajstić information content (AvgIpc) is 2.76.